The molecule has 4 aromatic rings. The van der Waals surface area contributed by atoms with Crippen LogP contribution in [-0.2, 0) is 31.0 Å². The Morgan fingerprint density at radius 2 is 1.67 bits per heavy atom. The monoisotopic (exact) mass is 916 g/mol. The van der Waals surface area contributed by atoms with Crippen LogP contribution in [0.15, 0.2) is 60.7 Å². The number of nitrogens with zero attached hydrogens (tertiary/aromatic N) is 5. The summed E-state index contributed by atoms with van der Waals surface area (Å²) in [7, 11) is 3.00. The largest absolute Gasteiger partial charge is 0.507 e. The summed E-state index contributed by atoms with van der Waals surface area (Å²) in [4.78, 5) is 82.2. The number of amides is 5. The molecule has 19 nitrogen and oxygen atoms in total. The Balaban J connectivity index is 1.55. The number of hydrogen-bond donors (Lipinski definition) is 8. The van der Waals surface area contributed by atoms with E-state index >= 15 is 0 Å². The lowest BCUT2D eigenvalue weighted by molar-refractivity contribution is -0.141. The van der Waals surface area contributed by atoms with Gasteiger partial charge in [-0.05, 0) is 80.1 Å². The summed E-state index contributed by atoms with van der Waals surface area (Å²) in [6.07, 6.45) is -0.0903. The van der Waals surface area contributed by atoms with Crippen LogP contribution in [0.4, 0.5) is 0 Å². The van der Waals surface area contributed by atoms with Gasteiger partial charge in [-0.1, -0.05) is 57.2 Å². The summed E-state index contributed by atoms with van der Waals surface area (Å²) >= 11 is 0. The Morgan fingerprint density at radius 3 is 2.28 bits per heavy atom. The topological polar surface area (TPSA) is 295 Å². The van der Waals surface area contributed by atoms with E-state index < -0.39 is 53.7 Å². The fourth-order valence-electron chi connectivity index (χ4n) is 7.61. The van der Waals surface area contributed by atoms with Gasteiger partial charge in [0.15, 0.2) is 11.8 Å². The summed E-state index contributed by atoms with van der Waals surface area (Å²) in [5, 5.41) is 38.8. The van der Waals surface area contributed by atoms with Gasteiger partial charge < -0.3 is 52.4 Å². The van der Waals surface area contributed by atoms with Crippen molar-refractivity contribution >= 4 is 35.5 Å². The van der Waals surface area contributed by atoms with E-state index in [1.165, 1.54) is 24.9 Å². The number of nitrogens with one attached hydrogen (secondary N) is 5. The van der Waals surface area contributed by atoms with Crippen LogP contribution in [0.2, 0.25) is 0 Å². The highest BCUT2D eigenvalue weighted by atomic mass is 16.5. The van der Waals surface area contributed by atoms with E-state index in [-0.39, 0.29) is 78.6 Å². The smallest absolute Gasteiger partial charge is 0.255 e. The Bertz CT molecular complexity index is 2550. The third-order valence-corrected chi connectivity index (χ3v) is 11.5. The molecule has 1 aliphatic rings. The highest BCUT2D eigenvalue weighted by molar-refractivity contribution is 6.00. The van der Waals surface area contributed by atoms with E-state index in [2.05, 4.69) is 52.0 Å². The van der Waals surface area contributed by atoms with E-state index in [1.807, 2.05) is 30.3 Å². The lowest BCUT2D eigenvalue weighted by Crippen LogP contribution is -2.56. The molecule has 5 amide bonds. The number of aromatic nitrogens is 2. The zero-order chi connectivity index (χ0) is 49.3. The Kier molecular flexibility index (Phi) is 16.3. The molecule has 0 saturated heterocycles. The first-order chi connectivity index (χ1) is 31.6. The molecule has 0 fully saturated rings. The molecule has 19 heteroatoms. The van der Waals surface area contributed by atoms with Gasteiger partial charge in [0.1, 0.15) is 48.8 Å². The van der Waals surface area contributed by atoms with Crippen LogP contribution in [0.25, 0.3) is 22.5 Å². The van der Waals surface area contributed by atoms with Gasteiger partial charge in [0.05, 0.1) is 29.6 Å². The quantitative estimate of drug-likeness (QED) is 0.0544. The molecule has 1 aromatic heterocycles. The number of guanidine groups is 1. The summed E-state index contributed by atoms with van der Waals surface area (Å²) in [5.74, 6) is -3.21. The lowest BCUT2D eigenvalue weighted by atomic mass is 9.86. The molecular formula is C48H60N12O7. The van der Waals surface area contributed by atoms with Gasteiger partial charge in [-0.3, -0.25) is 29.4 Å². The minimum absolute atomic E-state index is 0.0235. The van der Waals surface area contributed by atoms with Crippen molar-refractivity contribution in [2.24, 2.45) is 11.5 Å². The number of phenolic OH excluding ortho intramolecular Hbond substituents is 1. The number of ether oxygens (including phenoxy) is 1. The van der Waals surface area contributed by atoms with E-state index in [4.69, 9.17) is 26.9 Å². The van der Waals surface area contributed by atoms with Crippen LogP contribution in [0.1, 0.15) is 78.6 Å². The van der Waals surface area contributed by atoms with Crippen LogP contribution < -0.4 is 37.5 Å². The molecule has 0 spiro atoms. The Hall–Kier alpha value is -7.59. The summed E-state index contributed by atoms with van der Waals surface area (Å²) in [5.41, 5.74) is 15.7. The van der Waals surface area contributed by atoms with E-state index in [0.717, 1.165) is 16.0 Å². The highest BCUT2D eigenvalue weighted by Gasteiger charge is 2.36. The van der Waals surface area contributed by atoms with Gasteiger partial charge in [-0.25, -0.2) is 9.97 Å². The van der Waals surface area contributed by atoms with Crippen molar-refractivity contribution in [1.82, 2.24) is 41.0 Å². The molecule has 4 unspecified atom stereocenters. The molecule has 10 N–H and O–H groups in total. The van der Waals surface area contributed by atoms with Crippen molar-refractivity contribution in [2.75, 3.05) is 40.3 Å². The maximum atomic E-state index is 14.7. The van der Waals surface area contributed by atoms with Crippen molar-refractivity contribution in [1.29, 1.82) is 10.7 Å². The van der Waals surface area contributed by atoms with E-state index in [9.17, 15) is 29.1 Å². The average molecular weight is 917 g/mol. The van der Waals surface area contributed by atoms with Crippen LogP contribution in [-0.4, -0.2) is 119 Å². The molecule has 1 aliphatic heterocycles. The predicted molar refractivity (Wildman–Crippen MR) is 252 cm³/mol. The molecule has 0 aliphatic carbocycles. The number of likely N-dealkylation sites (N-methyl/N-ethyl adjacent to an activating group) is 2. The molecule has 0 saturated carbocycles. The summed E-state index contributed by atoms with van der Waals surface area (Å²) in [6.45, 7) is 11.1. The van der Waals surface area contributed by atoms with Crippen molar-refractivity contribution in [2.45, 2.75) is 84.0 Å². The third kappa shape index (κ3) is 12.2. The number of carbonyl (C=O) groups is 5. The zero-order valence-electron chi connectivity index (χ0n) is 39.1. The average Bonchev–Trinajstić information content (AvgIpc) is 3.27. The Labute approximate surface area is 390 Å². The van der Waals surface area contributed by atoms with Crippen LogP contribution in [0.3, 0.4) is 0 Å². The normalized spacial score (nSPS) is 16.5. The number of rotatable bonds is 13. The van der Waals surface area contributed by atoms with Crippen molar-refractivity contribution in [3.05, 3.63) is 94.3 Å². The highest BCUT2D eigenvalue weighted by Crippen LogP contribution is 2.40. The maximum Gasteiger partial charge on any atom is 0.255 e. The third-order valence-electron chi connectivity index (χ3n) is 11.5. The summed E-state index contributed by atoms with van der Waals surface area (Å²) < 4.78 is 6.18. The minimum Gasteiger partial charge on any atom is -0.507 e. The molecule has 3 aromatic carbocycles. The molecule has 0 radical (unpaired) electrons. The van der Waals surface area contributed by atoms with Crippen LogP contribution in [0.5, 0.6) is 11.5 Å². The SMILES string of the molecule is Cc1nc(-c2ccc(C(C)(C)C)cc2)nc(C)c1C(=O)NC(CCN)C(=O)N(C)C1C(=O)NC(C)C(=O)NC(C(=O)NCC#N)Cc2ccc(O)c(c2)-c2cc1ccc2OCCN(C)C(=N)N. The van der Waals surface area contributed by atoms with E-state index in [1.54, 1.807) is 51.2 Å². The van der Waals surface area contributed by atoms with Gasteiger partial charge >= 0.3 is 0 Å². The molecule has 4 atom stereocenters. The van der Waals surface area contributed by atoms with Gasteiger partial charge in [0.25, 0.3) is 5.91 Å². The number of aryl methyl sites for hydroxylation is 2. The van der Waals surface area contributed by atoms with Crippen molar-refractivity contribution in [3.8, 4) is 40.1 Å². The van der Waals surface area contributed by atoms with Gasteiger partial charge in [0, 0.05) is 37.2 Å². The second-order valence-electron chi connectivity index (χ2n) is 17.5. The minimum atomic E-state index is -1.46. The number of benzene rings is 3. The van der Waals surface area contributed by atoms with Crippen LogP contribution >= 0.6 is 0 Å². The van der Waals surface area contributed by atoms with Gasteiger partial charge in [-0.15, -0.1) is 0 Å². The number of fused-ring (bicyclic) bond motifs is 5. The van der Waals surface area contributed by atoms with Crippen molar-refractivity contribution in [3.63, 3.8) is 0 Å². The predicted octanol–water partition coefficient (Wildman–Crippen LogP) is 2.47. The molecule has 2 heterocycles. The standard InChI is InChI=1S/C48H60N12O7/c1-26-39(27(2)55-41(54-26)30-10-13-32(14-11-30)48(4,5)6)44(64)57-35(17-18-49)46(66)60(8)40-31-12-16-38(67-22-21-59(7)47(51)52)34(25-31)33-23-29(9-15-37(33)61)24-36(43(63)53-20-19-50)58-42(62)28(3)56-45(40)65/h9-16,23,25,28,35-36,40,61H,17-18,20-22,24,49H2,1-8H3,(H3,51,52)(H,53,63)(H,56,65)(H,57,64)(H,58,62). The number of nitrogens with two attached hydrogens (primary N) is 2. The molecule has 354 valence electrons. The lowest BCUT2D eigenvalue weighted by Gasteiger charge is -2.32. The maximum absolute atomic E-state index is 14.7. The molecule has 4 bridgehead atoms. The fourth-order valence-corrected chi connectivity index (χ4v) is 7.61. The molecular weight excluding hydrogens is 857 g/mol. The number of carbonyl (C=O) groups excluding carboxylic acids is 5. The first-order valence-electron chi connectivity index (χ1n) is 21.8. The molecule has 5 rings (SSSR count). The van der Waals surface area contributed by atoms with Crippen molar-refractivity contribution < 1.29 is 33.8 Å². The summed E-state index contributed by atoms with van der Waals surface area (Å²) in [6, 6.07) is 13.9. The number of aromatic hydroxyl groups is 1. The van der Waals surface area contributed by atoms with Crippen LogP contribution in [0, 0.1) is 30.6 Å². The zero-order valence-corrected chi connectivity index (χ0v) is 39.1. The van der Waals surface area contributed by atoms with Gasteiger partial charge in [-0.2, -0.15) is 5.26 Å². The second-order valence-corrected chi connectivity index (χ2v) is 17.5. The first-order valence-corrected chi connectivity index (χ1v) is 21.8. The molecule has 67 heavy (non-hydrogen) atoms. The van der Waals surface area contributed by atoms with E-state index in [0.29, 0.717) is 28.3 Å². The fraction of sp³-hybridized carbons (Fsp3) is 0.396. The number of phenols is 1. The Morgan fingerprint density at radius 1 is 1.00 bits per heavy atom. The van der Waals surface area contributed by atoms with Gasteiger partial charge in [0.2, 0.25) is 23.6 Å². The first kappa shape index (κ1) is 50.4. The second kappa shape index (κ2) is 21.6. The number of hydrogen-bond acceptors (Lipinski definition) is 12. The number of nitriles is 1.